The molecule has 2 aromatic carbocycles. The molecule has 5 rings (SSSR count). The highest BCUT2D eigenvalue weighted by Gasteiger charge is 2.23. The average molecular weight is 479 g/mol. The van der Waals surface area contributed by atoms with E-state index in [1.807, 2.05) is 6.07 Å². The van der Waals surface area contributed by atoms with Crippen LogP contribution in [0.4, 0.5) is 11.4 Å². The van der Waals surface area contributed by atoms with Crippen LogP contribution in [0.2, 0.25) is 5.02 Å². The van der Waals surface area contributed by atoms with Gasteiger partial charge in [-0.2, -0.15) is 0 Å². The Morgan fingerprint density at radius 2 is 2.06 bits per heavy atom. The number of pyridine rings is 1. The second-order valence-corrected chi connectivity index (χ2v) is 9.47. The molecule has 4 aromatic rings. The quantitative estimate of drug-likeness (QED) is 0.404. The predicted octanol–water partition coefficient (Wildman–Crippen LogP) is 5.35. The lowest BCUT2D eigenvalue weighted by molar-refractivity contribution is 0.103. The van der Waals surface area contributed by atoms with Crippen LogP contribution < -0.4 is 15.8 Å². The van der Waals surface area contributed by atoms with Gasteiger partial charge in [-0.1, -0.05) is 41.9 Å². The van der Waals surface area contributed by atoms with Crippen LogP contribution in [0.3, 0.4) is 0 Å². The molecule has 0 radical (unpaired) electrons. The van der Waals surface area contributed by atoms with Gasteiger partial charge in [0.05, 0.1) is 18.5 Å². The molecule has 2 aromatic heterocycles. The molecule has 168 valence electrons. The Hall–Kier alpha value is -3.13. The summed E-state index contributed by atoms with van der Waals surface area (Å²) in [7, 11) is 1.54. The topological polar surface area (TPSA) is 80.5 Å². The van der Waals surface area contributed by atoms with Crippen LogP contribution in [0.15, 0.2) is 54.6 Å². The number of carbonyl (C=O) groups excluding carboxylic acids is 1. The molecule has 0 saturated heterocycles. The summed E-state index contributed by atoms with van der Waals surface area (Å²) in [6.07, 6.45) is 0.872. The van der Waals surface area contributed by atoms with E-state index in [0.29, 0.717) is 27.0 Å². The number of methoxy groups -OCH3 is 1. The molecule has 1 amide bonds. The minimum Gasteiger partial charge on any atom is -0.495 e. The molecular formula is C25H23ClN4O2S. The summed E-state index contributed by atoms with van der Waals surface area (Å²) in [4.78, 5) is 21.5. The van der Waals surface area contributed by atoms with E-state index in [1.54, 1.807) is 25.3 Å². The van der Waals surface area contributed by atoms with Crippen molar-refractivity contribution in [3.63, 3.8) is 0 Å². The predicted molar refractivity (Wildman–Crippen MR) is 134 cm³/mol. The number of hydrogen-bond donors (Lipinski definition) is 2. The Bertz CT molecular complexity index is 1340. The smallest absolute Gasteiger partial charge is 0.268 e. The van der Waals surface area contributed by atoms with Gasteiger partial charge in [0.2, 0.25) is 0 Å². The summed E-state index contributed by atoms with van der Waals surface area (Å²) < 4.78 is 5.33. The summed E-state index contributed by atoms with van der Waals surface area (Å²) >= 11 is 7.40. The van der Waals surface area contributed by atoms with Gasteiger partial charge in [-0.3, -0.25) is 9.69 Å². The number of rotatable bonds is 5. The monoisotopic (exact) mass is 478 g/mol. The van der Waals surface area contributed by atoms with Gasteiger partial charge in [-0.25, -0.2) is 4.98 Å². The molecule has 0 fully saturated rings. The first-order chi connectivity index (χ1) is 16.0. The zero-order valence-corrected chi connectivity index (χ0v) is 19.7. The van der Waals surface area contributed by atoms with Gasteiger partial charge in [0.1, 0.15) is 15.5 Å². The highest BCUT2D eigenvalue weighted by atomic mass is 35.5. The molecule has 0 unspecified atom stereocenters. The van der Waals surface area contributed by atoms with Crippen LogP contribution >= 0.6 is 22.9 Å². The van der Waals surface area contributed by atoms with Crippen molar-refractivity contribution >= 4 is 50.4 Å². The molecule has 0 aliphatic carbocycles. The van der Waals surface area contributed by atoms with Crippen molar-refractivity contribution < 1.29 is 9.53 Å². The van der Waals surface area contributed by atoms with Crippen molar-refractivity contribution in [3.05, 3.63) is 81.3 Å². The van der Waals surface area contributed by atoms with Crippen molar-refractivity contribution in [2.24, 2.45) is 0 Å². The van der Waals surface area contributed by atoms with Crippen LogP contribution in [0.1, 0.15) is 26.5 Å². The number of nitrogens with two attached hydrogens (primary N) is 1. The zero-order valence-electron chi connectivity index (χ0n) is 18.1. The molecule has 0 bridgehead atoms. The number of ether oxygens (including phenoxy) is 1. The van der Waals surface area contributed by atoms with E-state index in [1.165, 1.54) is 16.9 Å². The fourth-order valence-corrected chi connectivity index (χ4v) is 5.32. The minimum atomic E-state index is -0.306. The number of carbonyl (C=O) groups is 1. The zero-order chi connectivity index (χ0) is 22.9. The number of amides is 1. The standard InChI is InChI=1S/C25H23ClN4O2S/c1-32-21-8-7-17(26)12-20(21)28-24(31)23-22(27)18-11-16-14-30(13-15-5-3-2-4-6-15)10-9-19(16)29-25(18)33-23/h2-8,11-12H,9-10,13-14,27H2,1H3,(H,28,31). The Balaban J connectivity index is 1.41. The highest BCUT2D eigenvalue weighted by molar-refractivity contribution is 7.21. The number of anilines is 2. The lowest BCUT2D eigenvalue weighted by Gasteiger charge is -2.28. The van der Waals surface area contributed by atoms with E-state index >= 15 is 0 Å². The Morgan fingerprint density at radius 1 is 1.24 bits per heavy atom. The second kappa shape index (κ2) is 9.02. The van der Waals surface area contributed by atoms with Gasteiger partial charge in [0, 0.05) is 42.2 Å². The fraction of sp³-hybridized carbons (Fsp3) is 0.200. The first kappa shape index (κ1) is 21.7. The van der Waals surface area contributed by atoms with Gasteiger partial charge >= 0.3 is 0 Å². The van der Waals surface area contributed by atoms with Crippen molar-refractivity contribution in [1.29, 1.82) is 0 Å². The van der Waals surface area contributed by atoms with Gasteiger partial charge in [-0.15, -0.1) is 11.3 Å². The summed E-state index contributed by atoms with van der Waals surface area (Å²) in [5.41, 5.74) is 10.9. The summed E-state index contributed by atoms with van der Waals surface area (Å²) in [6.45, 7) is 2.65. The summed E-state index contributed by atoms with van der Waals surface area (Å²) in [5.74, 6) is 0.222. The van der Waals surface area contributed by atoms with Gasteiger partial charge in [-0.05, 0) is 35.4 Å². The molecule has 6 nitrogen and oxygen atoms in total. The highest BCUT2D eigenvalue weighted by Crippen LogP contribution is 2.36. The summed E-state index contributed by atoms with van der Waals surface area (Å²) in [5, 5.41) is 4.20. The number of nitrogen functional groups attached to an aromatic ring is 1. The fourth-order valence-electron chi connectivity index (χ4n) is 4.16. The number of aromatic nitrogens is 1. The number of nitrogens with zero attached hydrogens (tertiary/aromatic N) is 2. The average Bonchev–Trinajstić information content (AvgIpc) is 3.14. The molecule has 8 heteroatoms. The minimum absolute atomic E-state index is 0.306. The number of hydrogen-bond acceptors (Lipinski definition) is 6. The Kier molecular flexibility index (Phi) is 5.93. The molecule has 0 saturated carbocycles. The third-order valence-electron chi connectivity index (χ3n) is 5.81. The largest absolute Gasteiger partial charge is 0.495 e. The lowest BCUT2D eigenvalue weighted by Crippen LogP contribution is -2.30. The second-order valence-electron chi connectivity index (χ2n) is 8.04. The SMILES string of the molecule is COc1ccc(Cl)cc1NC(=O)c1sc2nc3c(cc2c1N)CN(Cc1ccccc1)CC3. The maximum absolute atomic E-state index is 13.0. The number of benzene rings is 2. The number of fused-ring (bicyclic) bond motifs is 2. The van der Waals surface area contributed by atoms with Crippen LogP contribution in [0, 0.1) is 0 Å². The molecule has 1 aliphatic heterocycles. The van der Waals surface area contributed by atoms with E-state index in [4.69, 9.17) is 27.1 Å². The molecule has 3 N–H and O–H groups in total. The van der Waals surface area contributed by atoms with Gasteiger partial charge in [0.15, 0.2) is 0 Å². The normalized spacial score (nSPS) is 13.6. The Labute approximate surface area is 200 Å². The first-order valence-electron chi connectivity index (χ1n) is 10.6. The van der Waals surface area contributed by atoms with Gasteiger partial charge in [0.25, 0.3) is 5.91 Å². The van der Waals surface area contributed by atoms with Crippen LogP contribution in [0.25, 0.3) is 10.2 Å². The number of halogens is 1. The third kappa shape index (κ3) is 4.39. The van der Waals surface area contributed by atoms with Crippen LogP contribution in [-0.2, 0) is 19.5 Å². The molecule has 1 aliphatic rings. The Morgan fingerprint density at radius 3 is 2.85 bits per heavy atom. The molecule has 33 heavy (non-hydrogen) atoms. The van der Waals surface area contributed by atoms with Crippen molar-refractivity contribution in [3.8, 4) is 5.75 Å². The van der Waals surface area contributed by atoms with Crippen LogP contribution in [-0.4, -0.2) is 29.4 Å². The molecule has 3 heterocycles. The van der Waals surface area contributed by atoms with Crippen LogP contribution in [0.5, 0.6) is 5.75 Å². The van der Waals surface area contributed by atoms with E-state index in [0.717, 1.165) is 47.5 Å². The molecule has 0 spiro atoms. The van der Waals surface area contributed by atoms with Gasteiger partial charge < -0.3 is 15.8 Å². The third-order valence-corrected chi connectivity index (χ3v) is 7.16. The van der Waals surface area contributed by atoms with E-state index < -0.39 is 0 Å². The first-order valence-corrected chi connectivity index (χ1v) is 11.8. The van der Waals surface area contributed by atoms with E-state index in [9.17, 15) is 4.79 Å². The maximum atomic E-state index is 13.0. The number of thiophene rings is 1. The molecular weight excluding hydrogens is 456 g/mol. The van der Waals surface area contributed by atoms with Crippen molar-refractivity contribution in [2.45, 2.75) is 19.5 Å². The van der Waals surface area contributed by atoms with Crippen molar-refractivity contribution in [2.75, 3.05) is 24.7 Å². The lowest BCUT2D eigenvalue weighted by atomic mass is 10.0. The number of nitrogens with one attached hydrogen (secondary N) is 1. The summed E-state index contributed by atoms with van der Waals surface area (Å²) in [6, 6.07) is 17.6. The van der Waals surface area contributed by atoms with E-state index in [-0.39, 0.29) is 5.91 Å². The van der Waals surface area contributed by atoms with E-state index in [2.05, 4.69) is 40.5 Å². The van der Waals surface area contributed by atoms with Crippen molar-refractivity contribution in [1.82, 2.24) is 9.88 Å². The maximum Gasteiger partial charge on any atom is 0.268 e. The molecule has 0 atom stereocenters.